The lowest BCUT2D eigenvalue weighted by Gasteiger charge is -2.25. The third-order valence-corrected chi connectivity index (χ3v) is 6.54. The van der Waals surface area contributed by atoms with Gasteiger partial charge in [0, 0.05) is 12.5 Å². The van der Waals surface area contributed by atoms with Crippen molar-refractivity contribution < 1.29 is 24.2 Å². The molecule has 0 spiro atoms. The number of likely N-dealkylation sites (tertiary alicyclic amines) is 1. The summed E-state index contributed by atoms with van der Waals surface area (Å²) < 4.78 is 5.48. The van der Waals surface area contributed by atoms with E-state index in [1.54, 1.807) is 0 Å². The Morgan fingerprint density at radius 1 is 1.03 bits per heavy atom. The number of carbonyl (C=O) groups is 3. The Bertz CT molecular complexity index is 1230. The second-order valence-electron chi connectivity index (χ2n) is 8.66. The molecule has 1 aliphatic heterocycles. The molecule has 2 aromatic carbocycles. The fraction of sp³-hybridized carbons (Fsp3) is 0.320. The summed E-state index contributed by atoms with van der Waals surface area (Å²) in [6, 6.07) is 15.2. The molecule has 1 atom stereocenters. The van der Waals surface area contributed by atoms with E-state index < -0.39 is 24.0 Å². The highest BCUT2D eigenvalue weighted by molar-refractivity contribution is 5.94. The lowest BCUT2D eigenvalue weighted by molar-refractivity contribution is -0.142. The van der Waals surface area contributed by atoms with E-state index in [-0.39, 0.29) is 24.3 Å². The lowest BCUT2D eigenvalue weighted by Crippen LogP contribution is -2.45. The van der Waals surface area contributed by atoms with Gasteiger partial charge in [0.1, 0.15) is 12.6 Å². The molecule has 3 N–H and O–H groups in total. The molecule has 1 aromatic heterocycles. The van der Waals surface area contributed by atoms with Gasteiger partial charge in [-0.25, -0.2) is 9.59 Å². The Kier molecular flexibility index (Phi) is 6.17. The van der Waals surface area contributed by atoms with Crippen LogP contribution < -0.4 is 5.32 Å². The molecule has 10 nitrogen and oxygen atoms in total. The van der Waals surface area contributed by atoms with Crippen molar-refractivity contribution >= 4 is 23.9 Å². The average molecular weight is 476 g/mol. The van der Waals surface area contributed by atoms with Gasteiger partial charge in [-0.05, 0) is 35.1 Å². The Morgan fingerprint density at radius 3 is 2.40 bits per heavy atom. The van der Waals surface area contributed by atoms with Crippen LogP contribution in [0.5, 0.6) is 0 Å². The molecule has 0 bridgehead atoms. The van der Waals surface area contributed by atoms with E-state index in [2.05, 4.69) is 32.6 Å². The van der Waals surface area contributed by atoms with E-state index in [0.29, 0.717) is 19.4 Å². The zero-order valence-electron chi connectivity index (χ0n) is 18.9. The number of hydrogen-bond acceptors (Lipinski definition) is 6. The summed E-state index contributed by atoms with van der Waals surface area (Å²) in [7, 11) is 0. The van der Waals surface area contributed by atoms with Crippen LogP contribution in [-0.4, -0.2) is 62.4 Å². The fourth-order valence-corrected chi connectivity index (χ4v) is 4.88. The average Bonchev–Trinajstić information content (AvgIpc) is 3.35. The number of aromatic nitrogens is 3. The number of amides is 2. The molecule has 180 valence electrons. The monoisotopic (exact) mass is 475 g/mol. The Labute approximate surface area is 201 Å². The molecule has 1 fully saturated rings. The molecule has 1 saturated heterocycles. The van der Waals surface area contributed by atoms with Crippen LogP contribution in [0.25, 0.3) is 11.1 Å². The van der Waals surface area contributed by atoms with Gasteiger partial charge in [-0.3, -0.25) is 15.2 Å². The SMILES string of the molecule is O=C(Nc1n[nH]c(C(=O)N2CCCCCC2C(=O)O)n1)OCC1c2ccccc2-c2ccccc21. The highest BCUT2D eigenvalue weighted by atomic mass is 16.5. The summed E-state index contributed by atoms with van der Waals surface area (Å²) in [4.78, 5) is 42.3. The zero-order chi connectivity index (χ0) is 24.4. The Balaban J connectivity index is 1.23. The number of carboxylic acids is 1. The number of H-pyrrole nitrogens is 1. The number of ether oxygens (including phenoxy) is 1. The smallest absolute Gasteiger partial charge is 0.414 e. The van der Waals surface area contributed by atoms with E-state index >= 15 is 0 Å². The number of anilines is 1. The maximum Gasteiger partial charge on any atom is 0.414 e. The summed E-state index contributed by atoms with van der Waals surface area (Å²) in [5.74, 6) is -1.95. The topological polar surface area (TPSA) is 138 Å². The van der Waals surface area contributed by atoms with Gasteiger partial charge in [-0.1, -0.05) is 61.4 Å². The van der Waals surface area contributed by atoms with Gasteiger partial charge in [0.2, 0.25) is 5.82 Å². The zero-order valence-corrected chi connectivity index (χ0v) is 18.9. The van der Waals surface area contributed by atoms with Gasteiger partial charge >= 0.3 is 12.1 Å². The minimum absolute atomic E-state index is 0.0894. The number of benzene rings is 2. The van der Waals surface area contributed by atoms with Crippen LogP contribution in [0.3, 0.4) is 0 Å². The van der Waals surface area contributed by atoms with Gasteiger partial charge in [0.05, 0.1) is 0 Å². The van der Waals surface area contributed by atoms with Crippen LogP contribution in [0, 0.1) is 0 Å². The van der Waals surface area contributed by atoms with Crippen LogP contribution in [0.4, 0.5) is 10.7 Å². The van der Waals surface area contributed by atoms with Gasteiger partial charge in [0.15, 0.2) is 0 Å². The molecule has 5 rings (SSSR count). The number of fused-ring (bicyclic) bond motifs is 3. The Morgan fingerprint density at radius 2 is 1.71 bits per heavy atom. The number of nitrogens with zero attached hydrogens (tertiary/aromatic N) is 3. The van der Waals surface area contributed by atoms with Crippen LogP contribution in [0.15, 0.2) is 48.5 Å². The van der Waals surface area contributed by atoms with Gasteiger partial charge in [0.25, 0.3) is 11.9 Å². The number of aromatic amines is 1. The molecule has 1 unspecified atom stereocenters. The highest BCUT2D eigenvalue weighted by Gasteiger charge is 2.33. The van der Waals surface area contributed by atoms with Crippen molar-refractivity contribution in [3.05, 3.63) is 65.5 Å². The summed E-state index contributed by atoms with van der Waals surface area (Å²) in [6.45, 7) is 0.454. The van der Waals surface area contributed by atoms with E-state index in [1.807, 2.05) is 36.4 Å². The first-order chi connectivity index (χ1) is 17.0. The maximum atomic E-state index is 12.9. The fourth-order valence-electron chi connectivity index (χ4n) is 4.88. The van der Waals surface area contributed by atoms with Gasteiger partial charge < -0.3 is 14.7 Å². The van der Waals surface area contributed by atoms with E-state index in [0.717, 1.165) is 35.1 Å². The maximum absolute atomic E-state index is 12.9. The number of rotatable bonds is 5. The highest BCUT2D eigenvalue weighted by Crippen LogP contribution is 2.44. The molecule has 1 aliphatic carbocycles. The minimum Gasteiger partial charge on any atom is -0.480 e. The molecular formula is C25H25N5O5. The molecule has 35 heavy (non-hydrogen) atoms. The minimum atomic E-state index is -1.04. The molecular weight excluding hydrogens is 450 g/mol. The third-order valence-electron chi connectivity index (χ3n) is 6.54. The number of carboxylic acid groups (broad SMARTS) is 1. The van der Waals surface area contributed by atoms with Gasteiger partial charge in [-0.15, -0.1) is 5.10 Å². The van der Waals surface area contributed by atoms with Crippen molar-refractivity contribution in [2.75, 3.05) is 18.5 Å². The normalized spacial score (nSPS) is 17.3. The first-order valence-electron chi connectivity index (χ1n) is 11.6. The van der Waals surface area contributed by atoms with Crippen molar-refractivity contribution in [3.8, 4) is 11.1 Å². The number of hydrogen-bond donors (Lipinski definition) is 3. The van der Waals surface area contributed by atoms with E-state index in [4.69, 9.17) is 4.74 Å². The number of carbonyl (C=O) groups excluding carboxylic acids is 2. The van der Waals surface area contributed by atoms with Crippen molar-refractivity contribution in [2.24, 2.45) is 0 Å². The predicted octanol–water partition coefficient (Wildman–Crippen LogP) is 3.64. The second-order valence-corrected chi connectivity index (χ2v) is 8.66. The Hall–Kier alpha value is -4.21. The summed E-state index contributed by atoms with van der Waals surface area (Å²) in [5, 5.41) is 18.3. The van der Waals surface area contributed by atoms with Gasteiger partial charge in [-0.2, -0.15) is 4.98 Å². The number of aliphatic carboxylic acids is 1. The first kappa shape index (κ1) is 22.6. The molecule has 0 radical (unpaired) electrons. The summed E-state index contributed by atoms with van der Waals surface area (Å²) in [6.07, 6.45) is 1.96. The molecule has 2 aliphatic rings. The van der Waals surface area contributed by atoms with Crippen molar-refractivity contribution in [2.45, 2.75) is 37.6 Å². The van der Waals surface area contributed by atoms with Crippen molar-refractivity contribution in [3.63, 3.8) is 0 Å². The van der Waals surface area contributed by atoms with Crippen LogP contribution in [0.2, 0.25) is 0 Å². The van der Waals surface area contributed by atoms with Crippen molar-refractivity contribution in [1.82, 2.24) is 20.1 Å². The largest absolute Gasteiger partial charge is 0.480 e. The van der Waals surface area contributed by atoms with Crippen LogP contribution >= 0.6 is 0 Å². The van der Waals surface area contributed by atoms with Crippen molar-refractivity contribution in [1.29, 1.82) is 0 Å². The van der Waals surface area contributed by atoms with Crippen LogP contribution in [0.1, 0.15) is 53.3 Å². The standard InChI is InChI=1S/C25H25N5O5/c31-22(30-13-7-1-2-12-20(30)23(32)33)21-26-24(29-28-21)27-25(34)35-14-19-17-10-5-3-8-15(17)16-9-4-6-11-18(16)19/h3-6,8-11,19-20H,1-2,7,12-14H2,(H,32,33)(H2,26,27,28,29,34). The lowest BCUT2D eigenvalue weighted by atomic mass is 9.98. The molecule has 0 saturated carbocycles. The summed E-state index contributed by atoms with van der Waals surface area (Å²) in [5.41, 5.74) is 4.44. The predicted molar refractivity (Wildman–Crippen MR) is 126 cm³/mol. The van der Waals surface area contributed by atoms with E-state index in [9.17, 15) is 19.5 Å². The number of nitrogens with one attached hydrogen (secondary N) is 2. The molecule has 10 heteroatoms. The van der Waals surface area contributed by atoms with E-state index in [1.165, 1.54) is 4.90 Å². The first-order valence-corrected chi connectivity index (χ1v) is 11.6. The van der Waals surface area contributed by atoms with Crippen LogP contribution in [-0.2, 0) is 9.53 Å². The molecule has 2 heterocycles. The molecule has 2 amide bonds. The summed E-state index contributed by atoms with van der Waals surface area (Å²) >= 11 is 0. The third kappa shape index (κ3) is 4.46. The molecule has 3 aromatic rings. The second kappa shape index (κ2) is 9.57. The quantitative estimate of drug-likeness (QED) is 0.512.